The van der Waals surface area contributed by atoms with Gasteiger partial charge in [0.15, 0.2) is 0 Å². The molecule has 0 radical (unpaired) electrons. The van der Waals surface area contributed by atoms with E-state index in [4.69, 9.17) is 0 Å². The van der Waals surface area contributed by atoms with Crippen molar-refractivity contribution in [2.24, 2.45) is 0 Å². The van der Waals surface area contributed by atoms with E-state index in [1.165, 1.54) is 30.4 Å². The zero-order chi connectivity index (χ0) is 17.4. The summed E-state index contributed by atoms with van der Waals surface area (Å²) in [6, 6.07) is -0.517. The molecule has 10 heteroatoms. The number of hydrogen-bond acceptors (Lipinski definition) is 10. The van der Waals surface area contributed by atoms with Gasteiger partial charge in [0, 0.05) is 19.6 Å². The fraction of sp³-hybridized carbons (Fsp3) is 0.615. The molecule has 0 saturated carbocycles. The Kier molecular flexibility index (Phi) is 8.28. The molecule has 0 aliphatic carbocycles. The number of ketones is 1. The second-order valence-corrected chi connectivity index (χ2v) is 6.95. The molecule has 0 amide bonds. The first kappa shape index (κ1) is 19.7. The number of esters is 4. The van der Waals surface area contributed by atoms with E-state index in [1.807, 2.05) is 0 Å². The molecule has 1 aliphatic heterocycles. The minimum Gasteiger partial charge on any atom is -0.392 e. The van der Waals surface area contributed by atoms with Gasteiger partial charge in [-0.05, 0) is 12.2 Å². The third kappa shape index (κ3) is 7.62. The Bertz CT molecular complexity index is 509. The molecule has 8 nitrogen and oxygen atoms in total. The van der Waals surface area contributed by atoms with Gasteiger partial charge in [0.1, 0.15) is 6.04 Å². The molecule has 0 aromatic rings. The van der Waals surface area contributed by atoms with Gasteiger partial charge in [-0.25, -0.2) is 9.59 Å². The van der Waals surface area contributed by atoms with Crippen LogP contribution in [0.2, 0.25) is 0 Å². The fourth-order valence-corrected chi connectivity index (χ4v) is 3.72. The molecule has 128 valence electrons. The summed E-state index contributed by atoms with van der Waals surface area (Å²) in [5.41, 5.74) is 0. The standard InChI is InChI=1S/C13H17NO7S2/c1-7(15)12(18)21-11(17)6-22-4-3-10-14-9(5-23-10)13(19)20-8(2)16/h9-10,14H,3-6H2,1-2H3. The van der Waals surface area contributed by atoms with E-state index in [2.05, 4.69) is 14.8 Å². The predicted molar refractivity (Wildman–Crippen MR) is 83.7 cm³/mol. The molecule has 1 fully saturated rings. The number of rotatable bonds is 7. The summed E-state index contributed by atoms with van der Waals surface area (Å²) in [4.78, 5) is 55.0. The molecule has 2 atom stereocenters. The second kappa shape index (κ2) is 9.68. The van der Waals surface area contributed by atoms with Crippen molar-refractivity contribution in [1.29, 1.82) is 0 Å². The molecule has 0 aromatic carbocycles. The molecule has 1 N–H and O–H groups in total. The molecule has 0 spiro atoms. The maximum absolute atomic E-state index is 11.5. The number of hydrogen-bond donors (Lipinski definition) is 1. The average Bonchev–Trinajstić information content (AvgIpc) is 2.91. The fourth-order valence-electron chi connectivity index (χ4n) is 1.60. The lowest BCUT2D eigenvalue weighted by Crippen LogP contribution is -2.38. The minimum atomic E-state index is -1.16. The topological polar surface area (TPSA) is 116 Å². The van der Waals surface area contributed by atoms with Crippen LogP contribution >= 0.6 is 23.5 Å². The van der Waals surface area contributed by atoms with Gasteiger partial charge in [-0.15, -0.1) is 11.8 Å². The smallest absolute Gasteiger partial charge is 0.381 e. The summed E-state index contributed by atoms with van der Waals surface area (Å²) in [5, 5.41) is 3.05. The zero-order valence-corrected chi connectivity index (χ0v) is 14.3. The van der Waals surface area contributed by atoms with Crippen molar-refractivity contribution in [2.75, 3.05) is 17.3 Å². The number of carbonyl (C=O) groups excluding carboxylic acids is 5. The quantitative estimate of drug-likeness (QED) is 0.284. The van der Waals surface area contributed by atoms with E-state index < -0.39 is 35.7 Å². The number of nitrogens with one attached hydrogen (secondary N) is 1. The Morgan fingerprint density at radius 3 is 2.48 bits per heavy atom. The van der Waals surface area contributed by atoms with Crippen LogP contribution in [-0.2, 0) is 33.4 Å². The van der Waals surface area contributed by atoms with Crippen molar-refractivity contribution in [1.82, 2.24) is 5.32 Å². The zero-order valence-electron chi connectivity index (χ0n) is 12.7. The Balaban J connectivity index is 2.16. The van der Waals surface area contributed by atoms with Crippen molar-refractivity contribution in [3.05, 3.63) is 0 Å². The van der Waals surface area contributed by atoms with Gasteiger partial charge in [-0.1, -0.05) is 0 Å². The molecule has 1 heterocycles. The summed E-state index contributed by atoms with van der Waals surface area (Å²) < 4.78 is 8.82. The van der Waals surface area contributed by atoms with Crippen molar-refractivity contribution < 1.29 is 33.4 Å². The van der Waals surface area contributed by atoms with Crippen LogP contribution < -0.4 is 5.32 Å². The van der Waals surface area contributed by atoms with Crippen molar-refractivity contribution in [3.8, 4) is 0 Å². The Morgan fingerprint density at radius 1 is 1.17 bits per heavy atom. The lowest BCUT2D eigenvalue weighted by molar-refractivity contribution is -0.162. The van der Waals surface area contributed by atoms with Crippen LogP contribution in [-0.4, -0.2) is 58.3 Å². The normalized spacial score (nSPS) is 19.9. The van der Waals surface area contributed by atoms with Gasteiger partial charge < -0.3 is 9.47 Å². The van der Waals surface area contributed by atoms with Gasteiger partial charge in [-0.3, -0.25) is 19.7 Å². The summed E-state index contributed by atoms with van der Waals surface area (Å²) in [7, 11) is 0. The Morgan fingerprint density at radius 2 is 1.87 bits per heavy atom. The largest absolute Gasteiger partial charge is 0.392 e. The van der Waals surface area contributed by atoms with E-state index in [0.29, 0.717) is 17.9 Å². The molecule has 0 aromatic heterocycles. The van der Waals surface area contributed by atoms with E-state index in [0.717, 1.165) is 6.92 Å². The Labute approximate surface area is 141 Å². The first-order valence-corrected chi connectivity index (χ1v) is 8.93. The Hall–Kier alpha value is -1.39. The van der Waals surface area contributed by atoms with Crippen LogP contribution in [0.3, 0.4) is 0 Å². The summed E-state index contributed by atoms with van der Waals surface area (Å²) >= 11 is 2.79. The van der Waals surface area contributed by atoms with Crippen molar-refractivity contribution >= 4 is 53.2 Å². The van der Waals surface area contributed by atoms with E-state index in [9.17, 15) is 24.0 Å². The highest BCUT2D eigenvalue weighted by Crippen LogP contribution is 2.23. The highest BCUT2D eigenvalue weighted by molar-refractivity contribution is 8.00. The number of ether oxygens (including phenoxy) is 2. The van der Waals surface area contributed by atoms with Gasteiger partial charge in [-0.2, -0.15) is 11.8 Å². The summed E-state index contributed by atoms with van der Waals surface area (Å²) in [6.45, 7) is 2.20. The lowest BCUT2D eigenvalue weighted by atomic mass is 10.3. The van der Waals surface area contributed by atoms with E-state index in [-0.39, 0.29) is 11.1 Å². The monoisotopic (exact) mass is 363 g/mol. The van der Waals surface area contributed by atoms with Crippen molar-refractivity contribution in [2.45, 2.75) is 31.7 Å². The SMILES string of the molecule is CC(=O)OC(=O)C1CSC(CCSCC(=O)OC(=O)C(C)=O)N1. The van der Waals surface area contributed by atoms with E-state index in [1.54, 1.807) is 0 Å². The maximum Gasteiger partial charge on any atom is 0.381 e. The molecule has 2 unspecified atom stereocenters. The third-order valence-corrected chi connectivity index (χ3v) is 4.88. The summed E-state index contributed by atoms with van der Waals surface area (Å²) in [5.74, 6) is -2.89. The first-order valence-electron chi connectivity index (χ1n) is 6.72. The van der Waals surface area contributed by atoms with E-state index >= 15 is 0 Å². The third-order valence-electron chi connectivity index (χ3n) is 2.62. The molecule has 23 heavy (non-hydrogen) atoms. The number of Topliss-reactive ketones (excluding diaryl/α,β-unsaturated/α-hetero) is 1. The van der Waals surface area contributed by atoms with Crippen LogP contribution in [0.4, 0.5) is 0 Å². The van der Waals surface area contributed by atoms with Crippen LogP contribution in [0.15, 0.2) is 0 Å². The van der Waals surface area contributed by atoms with Crippen LogP contribution in [0, 0.1) is 0 Å². The highest BCUT2D eigenvalue weighted by Gasteiger charge is 2.31. The number of carbonyl (C=O) groups is 5. The van der Waals surface area contributed by atoms with Crippen LogP contribution in [0.25, 0.3) is 0 Å². The molecular weight excluding hydrogens is 346 g/mol. The molecular formula is C13H17NO7S2. The highest BCUT2D eigenvalue weighted by atomic mass is 32.2. The maximum atomic E-state index is 11.5. The van der Waals surface area contributed by atoms with Gasteiger partial charge in [0.25, 0.3) is 0 Å². The van der Waals surface area contributed by atoms with Gasteiger partial charge >= 0.3 is 23.9 Å². The van der Waals surface area contributed by atoms with Gasteiger partial charge in [0.2, 0.25) is 5.78 Å². The number of thioether (sulfide) groups is 2. The molecule has 1 aliphatic rings. The average molecular weight is 363 g/mol. The molecule has 1 saturated heterocycles. The lowest BCUT2D eigenvalue weighted by Gasteiger charge is -2.11. The second-order valence-electron chi connectivity index (χ2n) is 4.61. The molecule has 1 rings (SSSR count). The first-order chi connectivity index (χ1) is 10.8. The van der Waals surface area contributed by atoms with Crippen LogP contribution in [0.5, 0.6) is 0 Å². The minimum absolute atomic E-state index is 0.0156. The van der Waals surface area contributed by atoms with Gasteiger partial charge in [0.05, 0.1) is 11.1 Å². The summed E-state index contributed by atoms with van der Waals surface area (Å²) in [6.07, 6.45) is 0.674. The van der Waals surface area contributed by atoms with Crippen molar-refractivity contribution in [3.63, 3.8) is 0 Å². The van der Waals surface area contributed by atoms with Crippen LogP contribution in [0.1, 0.15) is 20.3 Å². The predicted octanol–water partition coefficient (Wildman–Crippen LogP) is -0.111. The molecule has 0 bridgehead atoms.